The van der Waals surface area contributed by atoms with Crippen molar-refractivity contribution in [3.63, 3.8) is 0 Å². The first-order valence-corrected chi connectivity index (χ1v) is 7.31. The maximum atomic E-state index is 10.7. The summed E-state index contributed by atoms with van der Waals surface area (Å²) in [5.74, 6) is 0. The van der Waals surface area contributed by atoms with Gasteiger partial charge in [-0.2, -0.15) is 5.06 Å². The number of hydroxylamine groups is 2. The highest BCUT2D eigenvalue weighted by atomic mass is 16.6. The molecule has 23 heavy (non-hydrogen) atoms. The van der Waals surface area contributed by atoms with Gasteiger partial charge >= 0.3 is 6.09 Å². The Morgan fingerprint density at radius 3 is 2.52 bits per heavy atom. The molecule has 1 aliphatic carbocycles. The van der Waals surface area contributed by atoms with Gasteiger partial charge in [-0.05, 0) is 5.56 Å². The summed E-state index contributed by atoms with van der Waals surface area (Å²) < 4.78 is 10.8. The Balaban J connectivity index is 1.70. The van der Waals surface area contributed by atoms with E-state index in [0.29, 0.717) is 13.2 Å². The van der Waals surface area contributed by atoms with Crippen LogP contribution in [0.15, 0.2) is 30.3 Å². The van der Waals surface area contributed by atoms with Crippen molar-refractivity contribution in [2.75, 3.05) is 13.2 Å². The van der Waals surface area contributed by atoms with Crippen LogP contribution in [0.3, 0.4) is 0 Å². The predicted octanol–water partition coefficient (Wildman–Crippen LogP) is 0.452. The molecule has 1 aromatic carbocycles. The number of aliphatic hydroxyl groups is 2. The highest BCUT2D eigenvalue weighted by molar-refractivity contribution is 5.64. The summed E-state index contributed by atoms with van der Waals surface area (Å²) in [6.07, 6.45) is -5.00. The van der Waals surface area contributed by atoms with Gasteiger partial charge in [-0.15, -0.1) is 0 Å². The lowest BCUT2D eigenvalue weighted by molar-refractivity contribution is -0.128. The number of hydrogen-bond acceptors (Lipinski definition) is 6. The molecular formula is C15H21NO7. The Morgan fingerprint density at radius 1 is 1.17 bits per heavy atom. The molecule has 0 saturated heterocycles. The number of carbonyl (C=O) groups is 1. The number of aliphatic hydroxyl groups excluding tert-OH is 2. The van der Waals surface area contributed by atoms with Crippen LogP contribution in [0.4, 0.5) is 4.79 Å². The predicted molar refractivity (Wildman–Crippen MR) is 77.9 cm³/mol. The first-order chi connectivity index (χ1) is 11.0. The van der Waals surface area contributed by atoms with Crippen molar-refractivity contribution in [2.24, 2.45) is 0 Å². The minimum absolute atomic E-state index is 0.00312. The molecule has 0 unspecified atom stereocenters. The van der Waals surface area contributed by atoms with Crippen LogP contribution in [0.25, 0.3) is 0 Å². The fraction of sp³-hybridized carbons (Fsp3) is 0.533. The Morgan fingerprint density at radius 2 is 1.87 bits per heavy atom. The van der Waals surface area contributed by atoms with E-state index in [-0.39, 0.29) is 18.1 Å². The lowest BCUT2D eigenvalue weighted by atomic mass is 10.2. The first-order valence-electron chi connectivity index (χ1n) is 7.31. The van der Waals surface area contributed by atoms with E-state index < -0.39 is 30.4 Å². The van der Waals surface area contributed by atoms with Crippen LogP contribution in [0.2, 0.25) is 0 Å². The molecule has 0 heterocycles. The van der Waals surface area contributed by atoms with Crippen LogP contribution in [0.1, 0.15) is 12.0 Å². The molecule has 128 valence electrons. The van der Waals surface area contributed by atoms with Crippen molar-refractivity contribution in [1.29, 1.82) is 0 Å². The second-order valence-electron chi connectivity index (χ2n) is 5.36. The van der Waals surface area contributed by atoms with E-state index >= 15 is 0 Å². The summed E-state index contributed by atoms with van der Waals surface area (Å²) in [6, 6.07) is 8.49. The molecule has 1 amide bonds. The summed E-state index contributed by atoms with van der Waals surface area (Å²) >= 11 is 0. The monoisotopic (exact) mass is 327 g/mol. The van der Waals surface area contributed by atoms with Gasteiger partial charge < -0.3 is 24.8 Å². The van der Waals surface area contributed by atoms with E-state index in [1.54, 1.807) is 0 Å². The topological polar surface area (TPSA) is 120 Å². The largest absolute Gasteiger partial charge is 0.463 e. The van der Waals surface area contributed by atoms with E-state index in [1.165, 1.54) is 0 Å². The van der Waals surface area contributed by atoms with E-state index in [2.05, 4.69) is 0 Å². The third-order valence-electron chi connectivity index (χ3n) is 3.78. The molecule has 0 spiro atoms. The molecule has 8 heteroatoms. The van der Waals surface area contributed by atoms with Gasteiger partial charge in [0.15, 0.2) is 0 Å². The van der Waals surface area contributed by atoms with Gasteiger partial charge in [-0.25, -0.2) is 4.79 Å². The summed E-state index contributed by atoms with van der Waals surface area (Å²) in [7, 11) is 0. The van der Waals surface area contributed by atoms with Crippen LogP contribution in [0, 0.1) is 0 Å². The zero-order valence-corrected chi connectivity index (χ0v) is 12.5. The van der Waals surface area contributed by atoms with Gasteiger partial charge in [-0.1, -0.05) is 30.3 Å². The number of nitrogens with zero attached hydrogens (tertiary/aromatic N) is 1. The molecule has 1 saturated carbocycles. The molecule has 2 rings (SSSR count). The standard InChI is InChI=1S/C15H21NO7/c17-13-11(16(21)15(19)20)8-12(14(13)18)23-7-6-22-9-10-4-2-1-3-5-10/h1-5,11-14,17-18,21H,6-9H2,(H,19,20)/t11-,12+,13+,14-/m1/s1. The van der Waals surface area contributed by atoms with Crippen LogP contribution in [0.5, 0.6) is 0 Å². The number of ether oxygens (including phenoxy) is 2. The molecule has 1 aliphatic rings. The summed E-state index contributed by atoms with van der Waals surface area (Å²) in [5, 5.41) is 37.7. The van der Waals surface area contributed by atoms with E-state index in [0.717, 1.165) is 5.56 Å². The van der Waals surface area contributed by atoms with E-state index in [1.807, 2.05) is 30.3 Å². The second kappa shape index (κ2) is 8.23. The maximum Gasteiger partial charge on any atom is 0.431 e. The molecule has 0 bridgehead atoms. The number of rotatable bonds is 7. The van der Waals surface area contributed by atoms with Crippen molar-refractivity contribution < 1.29 is 34.8 Å². The van der Waals surface area contributed by atoms with Crippen LogP contribution in [-0.4, -0.2) is 69.3 Å². The van der Waals surface area contributed by atoms with Crippen molar-refractivity contribution >= 4 is 6.09 Å². The molecule has 8 nitrogen and oxygen atoms in total. The molecule has 0 radical (unpaired) electrons. The maximum absolute atomic E-state index is 10.7. The SMILES string of the molecule is O=C(O)N(O)[C@@H]1C[C@H](OCCOCc2ccccc2)[C@@H](O)[C@H]1O. The van der Waals surface area contributed by atoms with Crippen molar-refractivity contribution in [3.8, 4) is 0 Å². The lowest BCUT2D eigenvalue weighted by Gasteiger charge is -2.21. The van der Waals surface area contributed by atoms with Gasteiger partial charge in [-0.3, -0.25) is 5.21 Å². The summed E-state index contributed by atoms with van der Waals surface area (Å²) in [5.41, 5.74) is 1.03. The Bertz CT molecular complexity index is 498. The molecule has 1 fully saturated rings. The second-order valence-corrected chi connectivity index (χ2v) is 5.36. The Kier molecular flexibility index (Phi) is 6.31. The van der Waals surface area contributed by atoms with Crippen LogP contribution < -0.4 is 0 Å². The van der Waals surface area contributed by atoms with E-state index in [4.69, 9.17) is 14.6 Å². The minimum atomic E-state index is -1.59. The normalized spacial score (nSPS) is 27.1. The van der Waals surface area contributed by atoms with Gasteiger partial charge in [0, 0.05) is 6.42 Å². The third-order valence-corrected chi connectivity index (χ3v) is 3.78. The highest BCUT2D eigenvalue weighted by Crippen LogP contribution is 2.27. The van der Waals surface area contributed by atoms with Crippen molar-refractivity contribution in [3.05, 3.63) is 35.9 Å². The number of amides is 1. The Hall–Kier alpha value is -1.71. The van der Waals surface area contributed by atoms with Crippen molar-refractivity contribution in [1.82, 2.24) is 5.06 Å². The fourth-order valence-electron chi connectivity index (χ4n) is 2.54. The molecule has 1 aromatic rings. The van der Waals surface area contributed by atoms with Crippen LogP contribution in [-0.2, 0) is 16.1 Å². The van der Waals surface area contributed by atoms with Gasteiger partial charge in [0.1, 0.15) is 12.2 Å². The fourth-order valence-corrected chi connectivity index (χ4v) is 2.54. The summed E-state index contributed by atoms with van der Waals surface area (Å²) in [6.45, 7) is 0.916. The summed E-state index contributed by atoms with van der Waals surface area (Å²) in [4.78, 5) is 10.7. The molecule has 0 aromatic heterocycles. The Labute approximate surface area is 133 Å². The first kappa shape index (κ1) is 17.6. The molecule has 0 aliphatic heterocycles. The number of carboxylic acid groups (broad SMARTS) is 1. The number of benzene rings is 1. The zero-order valence-electron chi connectivity index (χ0n) is 12.5. The van der Waals surface area contributed by atoms with Gasteiger partial charge in [0.25, 0.3) is 0 Å². The molecule has 4 N–H and O–H groups in total. The smallest absolute Gasteiger partial charge is 0.431 e. The molecular weight excluding hydrogens is 306 g/mol. The quantitative estimate of drug-likeness (QED) is 0.326. The molecule has 4 atom stereocenters. The highest BCUT2D eigenvalue weighted by Gasteiger charge is 2.46. The lowest BCUT2D eigenvalue weighted by Crippen LogP contribution is -2.44. The van der Waals surface area contributed by atoms with Crippen molar-refractivity contribution in [2.45, 2.75) is 37.4 Å². The van der Waals surface area contributed by atoms with Gasteiger partial charge in [0.05, 0.1) is 32.0 Å². The van der Waals surface area contributed by atoms with E-state index in [9.17, 15) is 20.2 Å². The average molecular weight is 327 g/mol. The number of hydrogen-bond donors (Lipinski definition) is 4. The third kappa shape index (κ3) is 4.63. The van der Waals surface area contributed by atoms with Gasteiger partial charge in [0.2, 0.25) is 0 Å². The zero-order chi connectivity index (χ0) is 16.8. The minimum Gasteiger partial charge on any atom is -0.463 e. The average Bonchev–Trinajstić information content (AvgIpc) is 2.83. The van der Waals surface area contributed by atoms with Crippen LogP contribution >= 0.6 is 0 Å².